The van der Waals surface area contributed by atoms with Gasteiger partial charge in [0, 0.05) is 12.1 Å². The number of sulfone groups is 1. The van der Waals surface area contributed by atoms with Crippen LogP contribution in [0.3, 0.4) is 0 Å². The molecule has 0 bridgehead atoms. The number of hydrogen-bond acceptors (Lipinski definition) is 4. The molecule has 0 radical (unpaired) electrons. The monoisotopic (exact) mass is 285 g/mol. The summed E-state index contributed by atoms with van der Waals surface area (Å²) in [4.78, 5) is 0.180. The van der Waals surface area contributed by atoms with Gasteiger partial charge in [0.2, 0.25) is 0 Å². The molecular weight excluding hydrogens is 262 g/mol. The van der Waals surface area contributed by atoms with E-state index in [0.29, 0.717) is 19.1 Å². The molecular formula is C14H23NO3S. The molecule has 4 nitrogen and oxygen atoms in total. The van der Waals surface area contributed by atoms with Crippen LogP contribution >= 0.6 is 0 Å². The Morgan fingerprint density at radius 1 is 1.37 bits per heavy atom. The van der Waals surface area contributed by atoms with Crippen LogP contribution in [0.1, 0.15) is 20.8 Å². The maximum Gasteiger partial charge on any atom is 0.180 e. The van der Waals surface area contributed by atoms with E-state index in [1.54, 1.807) is 6.08 Å². The average molecular weight is 285 g/mol. The molecule has 0 aromatic rings. The molecule has 1 rings (SSSR count). The number of allylic oxidation sites excluding steroid dienone is 4. The molecule has 1 aliphatic rings. The molecule has 0 aromatic carbocycles. The lowest BCUT2D eigenvalue weighted by atomic mass is 10.0. The number of nitrogens with two attached hydrogens (primary N) is 1. The van der Waals surface area contributed by atoms with Crippen LogP contribution in [-0.4, -0.2) is 27.4 Å². The van der Waals surface area contributed by atoms with E-state index >= 15 is 0 Å². The van der Waals surface area contributed by atoms with E-state index in [-0.39, 0.29) is 16.6 Å². The standard InChI is InChI=1S/C14H23NO3S/c1-4-13(11(2)3)5-6-14(7-15)19(16,17)10-12-8-18-9-12/h4-7,11-12H,8-10,15H2,1-3H3/b6-5-,13-4+,14-7+. The van der Waals surface area contributed by atoms with Gasteiger partial charge in [0.15, 0.2) is 9.84 Å². The van der Waals surface area contributed by atoms with E-state index in [9.17, 15) is 8.42 Å². The lowest BCUT2D eigenvalue weighted by Gasteiger charge is -2.25. The lowest BCUT2D eigenvalue weighted by molar-refractivity contribution is -0.0203. The minimum Gasteiger partial charge on any atom is -0.404 e. The molecule has 0 aliphatic carbocycles. The minimum absolute atomic E-state index is 0.0969. The predicted octanol–water partition coefficient (Wildman–Crippen LogP) is 2.01. The Kier molecular flexibility index (Phi) is 5.82. The van der Waals surface area contributed by atoms with Gasteiger partial charge < -0.3 is 10.5 Å². The second-order valence-electron chi connectivity index (χ2n) is 5.03. The van der Waals surface area contributed by atoms with Crippen LogP contribution in [0.2, 0.25) is 0 Å². The quantitative estimate of drug-likeness (QED) is 0.758. The maximum absolute atomic E-state index is 12.2. The smallest absolute Gasteiger partial charge is 0.180 e. The van der Waals surface area contributed by atoms with Crippen molar-refractivity contribution in [1.29, 1.82) is 0 Å². The van der Waals surface area contributed by atoms with Crippen LogP contribution in [0.15, 0.2) is 34.9 Å². The average Bonchev–Trinajstić information content (AvgIpc) is 2.29. The van der Waals surface area contributed by atoms with Gasteiger partial charge in [-0.15, -0.1) is 0 Å². The zero-order valence-electron chi connectivity index (χ0n) is 11.8. The molecule has 1 aliphatic heterocycles. The molecule has 108 valence electrons. The van der Waals surface area contributed by atoms with Crippen molar-refractivity contribution in [2.24, 2.45) is 17.6 Å². The summed E-state index contributed by atoms with van der Waals surface area (Å²) in [6.45, 7) is 7.10. The molecule has 0 unspecified atom stereocenters. The Balaban J connectivity index is 2.80. The van der Waals surface area contributed by atoms with Crippen molar-refractivity contribution >= 4 is 9.84 Å². The molecule has 0 saturated carbocycles. The summed E-state index contributed by atoms with van der Waals surface area (Å²) in [5, 5.41) is 0. The van der Waals surface area contributed by atoms with Crippen LogP contribution in [0.5, 0.6) is 0 Å². The number of hydrogen-bond donors (Lipinski definition) is 1. The number of rotatable bonds is 6. The largest absolute Gasteiger partial charge is 0.404 e. The van der Waals surface area contributed by atoms with Crippen molar-refractivity contribution in [2.45, 2.75) is 20.8 Å². The molecule has 0 amide bonds. The molecule has 1 saturated heterocycles. The van der Waals surface area contributed by atoms with Gasteiger partial charge >= 0.3 is 0 Å². The highest BCUT2D eigenvalue weighted by Gasteiger charge is 2.27. The van der Waals surface area contributed by atoms with E-state index in [1.807, 2.05) is 19.1 Å². The molecule has 0 aromatic heterocycles. The Hall–Kier alpha value is -1.07. The van der Waals surface area contributed by atoms with Crippen molar-refractivity contribution in [2.75, 3.05) is 19.0 Å². The second-order valence-corrected chi connectivity index (χ2v) is 7.06. The summed E-state index contributed by atoms with van der Waals surface area (Å²) >= 11 is 0. The first-order valence-corrected chi connectivity index (χ1v) is 8.12. The molecule has 0 atom stereocenters. The predicted molar refractivity (Wildman–Crippen MR) is 78.1 cm³/mol. The Morgan fingerprint density at radius 2 is 2.00 bits per heavy atom. The van der Waals surface area contributed by atoms with E-state index in [2.05, 4.69) is 13.8 Å². The van der Waals surface area contributed by atoms with E-state index in [4.69, 9.17) is 10.5 Å². The van der Waals surface area contributed by atoms with E-state index in [1.165, 1.54) is 6.20 Å². The molecule has 2 N–H and O–H groups in total. The zero-order chi connectivity index (χ0) is 14.5. The van der Waals surface area contributed by atoms with Crippen LogP contribution in [0.4, 0.5) is 0 Å². The van der Waals surface area contributed by atoms with Crippen LogP contribution in [-0.2, 0) is 14.6 Å². The van der Waals surface area contributed by atoms with Gasteiger partial charge in [0.1, 0.15) is 0 Å². The molecule has 1 fully saturated rings. The summed E-state index contributed by atoms with van der Waals surface area (Å²) in [7, 11) is -3.32. The van der Waals surface area contributed by atoms with Gasteiger partial charge in [-0.1, -0.05) is 26.0 Å². The SMILES string of the molecule is C\C=C(/C=C\C(=C/N)S(=O)(=O)CC1COC1)C(C)C. The van der Waals surface area contributed by atoms with Crippen LogP contribution in [0, 0.1) is 11.8 Å². The second kappa shape index (κ2) is 6.91. The third-order valence-corrected chi connectivity index (χ3v) is 5.03. The zero-order valence-corrected chi connectivity index (χ0v) is 12.6. The lowest BCUT2D eigenvalue weighted by Crippen LogP contribution is -2.34. The Bertz CT molecular complexity index is 483. The van der Waals surface area contributed by atoms with Crippen molar-refractivity contribution in [1.82, 2.24) is 0 Å². The first kappa shape index (κ1) is 16.0. The molecule has 5 heteroatoms. The maximum atomic E-state index is 12.2. The molecule has 19 heavy (non-hydrogen) atoms. The third kappa shape index (κ3) is 4.51. The van der Waals surface area contributed by atoms with Gasteiger partial charge in [-0.05, 0) is 24.5 Å². The summed E-state index contributed by atoms with van der Waals surface area (Å²) in [6, 6.07) is 0. The van der Waals surface area contributed by atoms with Gasteiger partial charge in [-0.2, -0.15) is 0 Å². The molecule has 1 heterocycles. The summed E-state index contributed by atoms with van der Waals surface area (Å²) < 4.78 is 29.3. The Labute approximate surface area is 115 Å². The van der Waals surface area contributed by atoms with Gasteiger partial charge in [-0.25, -0.2) is 8.42 Å². The van der Waals surface area contributed by atoms with Gasteiger partial charge in [0.05, 0.1) is 23.9 Å². The van der Waals surface area contributed by atoms with Crippen LogP contribution < -0.4 is 5.73 Å². The fourth-order valence-electron chi connectivity index (χ4n) is 1.85. The van der Waals surface area contributed by atoms with Gasteiger partial charge in [0.25, 0.3) is 0 Å². The highest BCUT2D eigenvalue weighted by atomic mass is 32.2. The number of ether oxygens (including phenoxy) is 1. The van der Waals surface area contributed by atoms with Crippen molar-refractivity contribution in [3.8, 4) is 0 Å². The van der Waals surface area contributed by atoms with E-state index in [0.717, 1.165) is 5.57 Å². The third-order valence-electron chi connectivity index (χ3n) is 3.13. The highest BCUT2D eigenvalue weighted by molar-refractivity contribution is 7.95. The summed E-state index contributed by atoms with van der Waals surface area (Å²) in [6.07, 6.45) is 6.54. The molecule has 0 spiro atoms. The normalized spacial score (nSPS) is 19.2. The highest BCUT2D eigenvalue weighted by Crippen LogP contribution is 2.19. The minimum atomic E-state index is -3.32. The fraction of sp³-hybridized carbons (Fsp3) is 0.571. The summed E-state index contributed by atoms with van der Waals surface area (Å²) in [5.74, 6) is 0.551. The first-order valence-electron chi connectivity index (χ1n) is 6.47. The Morgan fingerprint density at radius 3 is 2.37 bits per heavy atom. The van der Waals surface area contributed by atoms with Crippen molar-refractivity contribution in [3.63, 3.8) is 0 Å². The van der Waals surface area contributed by atoms with Crippen molar-refractivity contribution in [3.05, 3.63) is 34.9 Å². The fourth-order valence-corrected chi connectivity index (χ4v) is 3.34. The topological polar surface area (TPSA) is 69.4 Å². The summed E-state index contributed by atoms with van der Waals surface area (Å²) in [5.41, 5.74) is 6.54. The van der Waals surface area contributed by atoms with E-state index < -0.39 is 9.84 Å². The van der Waals surface area contributed by atoms with Crippen LogP contribution in [0.25, 0.3) is 0 Å². The first-order chi connectivity index (χ1) is 8.90. The van der Waals surface area contributed by atoms with Crippen molar-refractivity contribution < 1.29 is 13.2 Å². The van der Waals surface area contributed by atoms with Gasteiger partial charge in [-0.3, -0.25) is 0 Å².